The average molecular weight is 314 g/mol. The number of aromatic nitrogens is 1. The highest BCUT2D eigenvalue weighted by Crippen LogP contribution is 2.31. The van der Waals surface area contributed by atoms with Crippen LogP contribution in [-0.4, -0.2) is 9.91 Å². The number of nitrogens with one attached hydrogen (secondary N) is 1. The molecule has 4 aromatic rings. The minimum Gasteiger partial charge on any atom is -0.355 e. The Labute approximate surface area is 138 Å². The van der Waals surface area contributed by atoms with Gasteiger partial charge in [0.2, 0.25) is 0 Å². The number of nitro groups is 1. The van der Waals surface area contributed by atoms with Crippen LogP contribution < -0.4 is 0 Å². The van der Waals surface area contributed by atoms with Crippen LogP contribution in [0.15, 0.2) is 78.9 Å². The maximum Gasteiger partial charge on any atom is 0.277 e. The summed E-state index contributed by atoms with van der Waals surface area (Å²) in [5.74, 6) is 0. The average Bonchev–Trinajstić information content (AvgIpc) is 3.06. The van der Waals surface area contributed by atoms with Gasteiger partial charge in [-0.05, 0) is 29.3 Å². The van der Waals surface area contributed by atoms with Crippen LogP contribution in [-0.2, 0) is 0 Å². The van der Waals surface area contributed by atoms with E-state index >= 15 is 0 Å². The van der Waals surface area contributed by atoms with E-state index in [1.54, 1.807) is 12.1 Å². The summed E-state index contributed by atoms with van der Waals surface area (Å²) in [7, 11) is 0. The van der Waals surface area contributed by atoms with Crippen molar-refractivity contribution in [2.45, 2.75) is 0 Å². The number of hydrogen-bond donors (Lipinski definition) is 1. The van der Waals surface area contributed by atoms with Crippen LogP contribution in [0.1, 0.15) is 0 Å². The van der Waals surface area contributed by atoms with Crippen molar-refractivity contribution >= 4 is 16.6 Å². The lowest BCUT2D eigenvalue weighted by Crippen LogP contribution is -1.91. The highest BCUT2D eigenvalue weighted by atomic mass is 16.6. The highest BCUT2D eigenvalue weighted by Gasteiger charge is 2.14. The lowest BCUT2D eigenvalue weighted by atomic mass is 10.0. The molecule has 0 bridgehead atoms. The van der Waals surface area contributed by atoms with Crippen molar-refractivity contribution in [1.82, 2.24) is 4.98 Å². The van der Waals surface area contributed by atoms with E-state index in [2.05, 4.69) is 17.1 Å². The van der Waals surface area contributed by atoms with Crippen LogP contribution in [0, 0.1) is 10.1 Å². The summed E-state index contributed by atoms with van der Waals surface area (Å²) >= 11 is 0. The van der Waals surface area contributed by atoms with Crippen molar-refractivity contribution < 1.29 is 4.92 Å². The second-order valence-corrected chi connectivity index (χ2v) is 5.62. The molecule has 24 heavy (non-hydrogen) atoms. The SMILES string of the molecule is O=[N+]([O-])c1ccccc1-c1ccc(-c2cc3ccccc3[nH]2)cc1. The lowest BCUT2D eigenvalue weighted by Gasteiger charge is -2.04. The summed E-state index contributed by atoms with van der Waals surface area (Å²) in [6, 6.07) is 24.8. The zero-order valence-corrected chi connectivity index (χ0v) is 12.8. The van der Waals surface area contributed by atoms with E-state index in [0.717, 1.165) is 27.7 Å². The number of hydrogen-bond acceptors (Lipinski definition) is 2. The molecule has 0 aliphatic rings. The predicted molar refractivity (Wildman–Crippen MR) is 95.8 cm³/mol. The molecular formula is C20H14N2O2. The summed E-state index contributed by atoms with van der Waals surface area (Å²) < 4.78 is 0. The number of nitrogens with zero attached hydrogens (tertiary/aromatic N) is 1. The number of rotatable bonds is 3. The van der Waals surface area contributed by atoms with E-state index in [9.17, 15) is 10.1 Å². The van der Waals surface area contributed by atoms with Gasteiger partial charge in [0.05, 0.1) is 10.5 Å². The van der Waals surface area contributed by atoms with E-state index in [1.807, 2.05) is 48.5 Å². The molecule has 0 atom stereocenters. The van der Waals surface area contributed by atoms with E-state index in [4.69, 9.17) is 0 Å². The number of H-pyrrole nitrogens is 1. The summed E-state index contributed by atoms with van der Waals surface area (Å²) in [6.07, 6.45) is 0. The Hall–Kier alpha value is -3.40. The van der Waals surface area contributed by atoms with Gasteiger partial charge < -0.3 is 4.98 Å². The molecule has 0 fully saturated rings. The summed E-state index contributed by atoms with van der Waals surface area (Å²) in [5.41, 5.74) is 4.76. The topological polar surface area (TPSA) is 58.9 Å². The Kier molecular flexibility index (Phi) is 3.35. The third kappa shape index (κ3) is 2.44. The first kappa shape index (κ1) is 14.2. The van der Waals surface area contributed by atoms with Crippen LogP contribution in [0.5, 0.6) is 0 Å². The molecule has 1 aromatic heterocycles. The number of fused-ring (bicyclic) bond motifs is 1. The first-order valence-corrected chi connectivity index (χ1v) is 7.64. The van der Waals surface area contributed by atoms with Gasteiger partial charge in [0.25, 0.3) is 5.69 Å². The molecule has 1 heterocycles. The molecule has 4 nitrogen and oxygen atoms in total. The van der Waals surface area contributed by atoms with Gasteiger partial charge in [0.1, 0.15) is 0 Å². The summed E-state index contributed by atoms with van der Waals surface area (Å²) in [6.45, 7) is 0. The number of aromatic amines is 1. The van der Waals surface area contributed by atoms with Gasteiger partial charge in [-0.15, -0.1) is 0 Å². The molecule has 116 valence electrons. The third-order valence-corrected chi connectivity index (χ3v) is 4.14. The van der Waals surface area contributed by atoms with Gasteiger partial charge in [-0.25, -0.2) is 0 Å². The van der Waals surface area contributed by atoms with Gasteiger partial charge in [0, 0.05) is 22.7 Å². The van der Waals surface area contributed by atoms with E-state index in [-0.39, 0.29) is 10.6 Å². The maximum absolute atomic E-state index is 11.2. The second kappa shape index (κ2) is 5.66. The van der Waals surface area contributed by atoms with Crippen LogP contribution in [0.2, 0.25) is 0 Å². The first-order chi connectivity index (χ1) is 11.7. The molecule has 0 saturated heterocycles. The monoisotopic (exact) mass is 314 g/mol. The summed E-state index contributed by atoms with van der Waals surface area (Å²) in [5, 5.41) is 12.3. The number of para-hydroxylation sites is 2. The van der Waals surface area contributed by atoms with Gasteiger partial charge in [-0.1, -0.05) is 54.6 Å². The van der Waals surface area contributed by atoms with E-state index in [1.165, 1.54) is 6.07 Å². The zero-order chi connectivity index (χ0) is 16.5. The Morgan fingerprint density at radius 3 is 2.21 bits per heavy atom. The van der Waals surface area contributed by atoms with Crippen molar-refractivity contribution in [2.75, 3.05) is 0 Å². The van der Waals surface area contributed by atoms with E-state index in [0.29, 0.717) is 5.56 Å². The number of benzene rings is 3. The molecule has 4 heteroatoms. The fourth-order valence-corrected chi connectivity index (χ4v) is 2.94. The molecule has 3 aromatic carbocycles. The molecule has 0 spiro atoms. The standard InChI is InChI=1S/C20H14N2O2/c23-22(24)20-8-4-2-6-17(20)14-9-11-15(12-10-14)19-13-16-5-1-3-7-18(16)21-19/h1-13,21H. The van der Waals surface area contributed by atoms with Gasteiger partial charge >= 0.3 is 0 Å². The van der Waals surface area contributed by atoms with Crippen LogP contribution in [0.4, 0.5) is 5.69 Å². The van der Waals surface area contributed by atoms with Crippen LogP contribution in [0.25, 0.3) is 33.3 Å². The Balaban J connectivity index is 1.74. The number of nitro benzene ring substituents is 1. The van der Waals surface area contributed by atoms with Crippen LogP contribution in [0.3, 0.4) is 0 Å². The molecule has 0 radical (unpaired) electrons. The molecule has 0 aliphatic carbocycles. The quantitative estimate of drug-likeness (QED) is 0.406. The van der Waals surface area contributed by atoms with Crippen molar-refractivity contribution in [3.63, 3.8) is 0 Å². The molecule has 0 amide bonds. The normalized spacial score (nSPS) is 10.8. The van der Waals surface area contributed by atoms with Crippen LogP contribution >= 0.6 is 0 Å². The lowest BCUT2D eigenvalue weighted by molar-refractivity contribution is -0.384. The summed E-state index contributed by atoms with van der Waals surface area (Å²) in [4.78, 5) is 14.2. The smallest absolute Gasteiger partial charge is 0.277 e. The highest BCUT2D eigenvalue weighted by molar-refractivity contribution is 5.86. The fourth-order valence-electron chi connectivity index (χ4n) is 2.94. The minimum atomic E-state index is -0.346. The largest absolute Gasteiger partial charge is 0.355 e. The Bertz CT molecular complexity index is 1000. The molecule has 0 aliphatic heterocycles. The Morgan fingerprint density at radius 1 is 0.792 bits per heavy atom. The Morgan fingerprint density at radius 2 is 1.46 bits per heavy atom. The van der Waals surface area contributed by atoms with Crippen molar-refractivity contribution in [1.29, 1.82) is 0 Å². The molecule has 0 unspecified atom stereocenters. The fraction of sp³-hybridized carbons (Fsp3) is 0. The predicted octanol–water partition coefficient (Wildman–Crippen LogP) is 5.41. The van der Waals surface area contributed by atoms with Gasteiger partial charge in [0.15, 0.2) is 0 Å². The zero-order valence-electron chi connectivity index (χ0n) is 12.8. The maximum atomic E-state index is 11.2. The minimum absolute atomic E-state index is 0.121. The molecular weight excluding hydrogens is 300 g/mol. The first-order valence-electron chi connectivity index (χ1n) is 7.64. The van der Waals surface area contributed by atoms with Crippen molar-refractivity contribution in [2.24, 2.45) is 0 Å². The van der Waals surface area contributed by atoms with Crippen molar-refractivity contribution in [3.8, 4) is 22.4 Å². The third-order valence-electron chi connectivity index (χ3n) is 4.14. The molecule has 1 N–H and O–H groups in total. The van der Waals surface area contributed by atoms with Gasteiger partial charge in [-0.2, -0.15) is 0 Å². The van der Waals surface area contributed by atoms with E-state index < -0.39 is 0 Å². The molecule has 4 rings (SSSR count). The van der Waals surface area contributed by atoms with Gasteiger partial charge in [-0.3, -0.25) is 10.1 Å². The second-order valence-electron chi connectivity index (χ2n) is 5.62. The van der Waals surface area contributed by atoms with Crippen molar-refractivity contribution in [3.05, 3.63) is 89.0 Å². The molecule has 0 saturated carbocycles.